The Morgan fingerprint density at radius 2 is 2.20 bits per heavy atom. The van der Waals surface area contributed by atoms with E-state index in [-0.39, 0.29) is 29.8 Å². The number of fused-ring (bicyclic) bond motifs is 2. The van der Waals surface area contributed by atoms with E-state index in [1.165, 1.54) is 6.07 Å². The van der Waals surface area contributed by atoms with E-state index in [2.05, 4.69) is 4.72 Å². The highest BCUT2D eigenvalue weighted by molar-refractivity contribution is 7.89. The third-order valence-corrected chi connectivity index (χ3v) is 5.70. The minimum absolute atomic E-state index is 0.0116. The number of rotatable bonds is 4. The number of aryl methyl sites for hydroxylation is 1. The Morgan fingerprint density at radius 3 is 2.80 bits per heavy atom. The SMILES string of the molecule is Cc1ccc(S(=O)(=O)NC2CC3CCC2O3)cc1CO. The summed E-state index contributed by atoms with van der Waals surface area (Å²) in [4.78, 5) is 0.204. The molecule has 0 aromatic heterocycles. The molecule has 3 unspecified atom stereocenters. The van der Waals surface area contributed by atoms with Crippen molar-refractivity contribution in [1.82, 2.24) is 4.72 Å². The molecule has 5 nitrogen and oxygen atoms in total. The molecule has 2 bridgehead atoms. The number of sulfonamides is 1. The van der Waals surface area contributed by atoms with Gasteiger partial charge in [0.1, 0.15) is 0 Å². The molecule has 6 heteroatoms. The molecule has 1 aromatic rings. The smallest absolute Gasteiger partial charge is 0.240 e. The van der Waals surface area contributed by atoms with Crippen LogP contribution in [0.4, 0.5) is 0 Å². The lowest BCUT2D eigenvalue weighted by Gasteiger charge is -2.20. The predicted octanol–water partition coefficient (Wildman–Crippen LogP) is 1.09. The first kappa shape index (κ1) is 14.0. The van der Waals surface area contributed by atoms with Gasteiger partial charge >= 0.3 is 0 Å². The Morgan fingerprint density at radius 1 is 1.40 bits per heavy atom. The van der Waals surface area contributed by atoms with Crippen molar-refractivity contribution in [1.29, 1.82) is 0 Å². The average Bonchev–Trinajstić information content (AvgIpc) is 3.00. The molecule has 3 rings (SSSR count). The van der Waals surface area contributed by atoms with Gasteiger partial charge in [-0.2, -0.15) is 0 Å². The number of aliphatic hydroxyl groups excluding tert-OH is 1. The molecule has 1 aromatic carbocycles. The number of ether oxygens (including phenoxy) is 1. The lowest BCUT2D eigenvalue weighted by Crippen LogP contribution is -2.41. The fourth-order valence-corrected chi connectivity index (χ4v) is 4.34. The maximum Gasteiger partial charge on any atom is 0.240 e. The first-order valence-electron chi connectivity index (χ1n) is 6.88. The van der Waals surface area contributed by atoms with Crippen LogP contribution < -0.4 is 4.72 Å². The third-order valence-electron chi connectivity index (χ3n) is 4.21. The van der Waals surface area contributed by atoms with Crippen LogP contribution in [-0.4, -0.2) is 31.8 Å². The van der Waals surface area contributed by atoms with Crippen molar-refractivity contribution in [2.45, 2.75) is 55.9 Å². The van der Waals surface area contributed by atoms with Gasteiger partial charge in [-0.1, -0.05) is 6.07 Å². The molecule has 0 aliphatic carbocycles. The van der Waals surface area contributed by atoms with Gasteiger partial charge in [-0.15, -0.1) is 0 Å². The van der Waals surface area contributed by atoms with Gasteiger partial charge in [0.2, 0.25) is 10.0 Å². The van der Waals surface area contributed by atoms with E-state index in [0.717, 1.165) is 24.8 Å². The highest BCUT2D eigenvalue weighted by Crippen LogP contribution is 2.35. The summed E-state index contributed by atoms with van der Waals surface area (Å²) in [5.74, 6) is 0. The van der Waals surface area contributed by atoms with Crippen LogP contribution in [0.1, 0.15) is 30.4 Å². The monoisotopic (exact) mass is 297 g/mol. The highest BCUT2D eigenvalue weighted by atomic mass is 32.2. The maximum absolute atomic E-state index is 12.4. The Kier molecular flexibility index (Phi) is 3.58. The number of hydrogen-bond acceptors (Lipinski definition) is 4. The summed E-state index contributed by atoms with van der Waals surface area (Å²) in [7, 11) is -3.56. The van der Waals surface area contributed by atoms with E-state index in [0.29, 0.717) is 5.56 Å². The molecular weight excluding hydrogens is 278 g/mol. The zero-order valence-corrected chi connectivity index (χ0v) is 12.2. The van der Waals surface area contributed by atoms with Crippen molar-refractivity contribution in [3.8, 4) is 0 Å². The summed E-state index contributed by atoms with van der Waals surface area (Å²) in [6.45, 7) is 1.69. The van der Waals surface area contributed by atoms with Crippen LogP contribution >= 0.6 is 0 Å². The number of nitrogens with one attached hydrogen (secondary N) is 1. The number of hydrogen-bond donors (Lipinski definition) is 2. The van der Waals surface area contributed by atoms with Crippen molar-refractivity contribution in [2.24, 2.45) is 0 Å². The molecule has 2 aliphatic heterocycles. The molecule has 2 heterocycles. The Labute approximate surface area is 119 Å². The van der Waals surface area contributed by atoms with Crippen LogP contribution in [0.3, 0.4) is 0 Å². The predicted molar refractivity (Wildman–Crippen MR) is 73.7 cm³/mol. The zero-order chi connectivity index (χ0) is 14.3. The summed E-state index contributed by atoms with van der Waals surface area (Å²) >= 11 is 0. The van der Waals surface area contributed by atoms with Crippen LogP contribution in [0, 0.1) is 6.92 Å². The highest BCUT2D eigenvalue weighted by Gasteiger charge is 2.42. The Bertz CT molecular complexity index is 614. The largest absolute Gasteiger partial charge is 0.392 e. The van der Waals surface area contributed by atoms with Crippen molar-refractivity contribution >= 4 is 10.0 Å². The van der Waals surface area contributed by atoms with Gasteiger partial charge in [0, 0.05) is 0 Å². The van der Waals surface area contributed by atoms with Gasteiger partial charge in [-0.05, 0) is 49.4 Å². The topological polar surface area (TPSA) is 75.6 Å². The molecule has 0 saturated carbocycles. The molecule has 2 N–H and O–H groups in total. The molecular formula is C14H19NO4S. The van der Waals surface area contributed by atoms with E-state index in [1.807, 2.05) is 6.92 Å². The van der Waals surface area contributed by atoms with E-state index >= 15 is 0 Å². The first-order chi connectivity index (χ1) is 9.49. The lowest BCUT2D eigenvalue weighted by atomic mass is 9.96. The van der Waals surface area contributed by atoms with Crippen LogP contribution in [0.15, 0.2) is 23.1 Å². The van der Waals surface area contributed by atoms with Gasteiger partial charge in [0.25, 0.3) is 0 Å². The minimum atomic E-state index is -3.56. The molecule has 0 spiro atoms. The van der Waals surface area contributed by atoms with Crippen molar-refractivity contribution in [3.05, 3.63) is 29.3 Å². The van der Waals surface area contributed by atoms with Gasteiger partial charge in [-0.3, -0.25) is 0 Å². The van der Waals surface area contributed by atoms with Gasteiger partial charge < -0.3 is 9.84 Å². The van der Waals surface area contributed by atoms with Gasteiger partial charge in [0.15, 0.2) is 0 Å². The standard InChI is InChI=1S/C14H19NO4S/c1-9-2-4-12(6-10(9)8-16)20(17,18)15-13-7-11-3-5-14(13)19-11/h2,4,6,11,13-16H,3,5,7-8H2,1H3. The van der Waals surface area contributed by atoms with E-state index < -0.39 is 10.0 Å². The summed E-state index contributed by atoms with van der Waals surface area (Å²) < 4.78 is 33.2. The summed E-state index contributed by atoms with van der Waals surface area (Å²) in [6, 6.07) is 4.70. The molecule has 2 fully saturated rings. The van der Waals surface area contributed by atoms with Crippen LogP contribution in [0.25, 0.3) is 0 Å². The fraction of sp³-hybridized carbons (Fsp3) is 0.571. The molecule has 2 saturated heterocycles. The number of benzene rings is 1. The van der Waals surface area contributed by atoms with Crippen molar-refractivity contribution in [2.75, 3.05) is 0 Å². The van der Waals surface area contributed by atoms with E-state index in [4.69, 9.17) is 4.74 Å². The second kappa shape index (κ2) is 5.11. The molecule has 110 valence electrons. The molecule has 20 heavy (non-hydrogen) atoms. The van der Waals surface area contributed by atoms with E-state index in [9.17, 15) is 13.5 Å². The zero-order valence-electron chi connectivity index (χ0n) is 11.4. The van der Waals surface area contributed by atoms with Gasteiger partial charge in [-0.25, -0.2) is 13.1 Å². The summed E-state index contributed by atoms with van der Waals surface area (Å²) in [5, 5.41) is 9.24. The quantitative estimate of drug-likeness (QED) is 0.872. The minimum Gasteiger partial charge on any atom is -0.392 e. The average molecular weight is 297 g/mol. The first-order valence-corrected chi connectivity index (χ1v) is 8.36. The van der Waals surface area contributed by atoms with Gasteiger partial charge in [0.05, 0.1) is 29.8 Å². The van der Waals surface area contributed by atoms with Crippen molar-refractivity contribution < 1.29 is 18.3 Å². The molecule has 0 amide bonds. The Hall–Kier alpha value is -0.950. The number of aliphatic hydroxyl groups is 1. The molecule has 3 atom stereocenters. The normalized spacial score (nSPS) is 29.0. The van der Waals surface area contributed by atoms with E-state index in [1.54, 1.807) is 12.1 Å². The third kappa shape index (κ3) is 2.48. The fourth-order valence-electron chi connectivity index (χ4n) is 3.01. The van der Waals surface area contributed by atoms with Crippen LogP contribution in [-0.2, 0) is 21.4 Å². The maximum atomic E-state index is 12.4. The van der Waals surface area contributed by atoms with Crippen LogP contribution in [0.2, 0.25) is 0 Å². The molecule has 0 radical (unpaired) electrons. The summed E-state index contributed by atoms with van der Waals surface area (Å²) in [6.07, 6.45) is 2.93. The lowest BCUT2D eigenvalue weighted by molar-refractivity contribution is 0.0996. The Balaban J connectivity index is 1.81. The van der Waals surface area contributed by atoms with Crippen molar-refractivity contribution in [3.63, 3.8) is 0 Å². The second-order valence-electron chi connectivity index (χ2n) is 5.58. The van der Waals surface area contributed by atoms with Crippen LogP contribution in [0.5, 0.6) is 0 Å². The molecule has 2 aliphatic rings. The second-order valence-corrected chi connectivity index (χ2v) is 7.30. The summed E-state index contributed by atoms with van der Waals surface area (Å²) in [5.41, 5.74) is 1.52.